The Kier molecular flexibility index (Phi) is 3.14. The number of nitrogens with two attached hydrogens (primary N) is 1. The standard InChI is InChI=1S/C14H19NO3/c15-14(5-1-6-16-10-14)11-3-4-12-13(9-11)18-8-2-7-17-12/h3-4,9H,1-2,5-8,10,15H2. The second-order valence-electron chi connectivity index (χ2n) is 5.02. The van der Waals surface area contributed by atoms with Crippen LogP contribution in [0.2, 0.25) is 0 Å². The molecule has 2 aliphatic rings. The van der Waals surface area contributed by atoms with Gasteiger partial charge in [-0.1, -0.05) is 6.07 Å². The van der Waals surface area contributed by atoms with E-state index in [1.807, 2.05) is 18.2 Å². The van der Waals surface area contributed by atoms with Crippen molar-refractivity contribution in [2.75, 3.05) is 26.4 Å². The molecule has 0 spiro atoms. The van der Waals surface area contributed by atoms with Crippen LogP contribution in [-0.2, 0) is 10.3 Å². The van der Waals surface area contributed by atoms with E-state index in [4.69, 9.17) is 19.9 Å². The Labute approximate surface area is 107 Å². The minimum atomic E-state index is -0.386. The van der Waals surface area contributed by atoms with Gasteiger partial charge in [0.15, 0.2) is 11.5 Å². The number of ether oxygens (including phenoxy) is 3. The average Bonchev–Trinajstić information content (AvgIpc) is 2.64. The van der Waals surface area contributed by atoms with Gasteiger partial charge in [-0.25, -0.2) is 0 Å². The zero-order valence-electron chi connectivity index (χ0n) is 10.5. The summed E-state index contributed by atoms with van der Waals surface area (Å²) in [7, 11) is 0. The molecule has 1 saturated heterocycles. The fourth-order valence-electron chi connectivity index (χ4n) is 2.52. The third-order valence-electron chi connectivity index (χ3n) is 3.59. The molecule has 1 unspecified atom stereocenters. The molecule has 0 bridgehead atoms. The van der Waals surface area contributed by atoms with E-state index < -0.39 is 0 Å². The molecule has 0 saturated carbocycles. The van der Waals surface area contributed by atoms with Crippen molar-refractivity contribution < 1.29 is 14.2 Å². The average molecular weight is 249 g/mol. The van der Waals surface area contributed by atoms with E-state index in [9.17, 15) is 0 Å². The number of benzene rings is 1. The molecule has 3 rings (SSSR count). The Morgan fingerprint density at radius 1 is 1.00 bits per heavy atom. The van der Waals surface area contributed by atoms with Gasteiger partial charge in [0, 0.05) is 13.0 Å². The lowest BCUT2D eigenvalue weighted by molar-refractivity contribution is 0.0366. The van der Waals surface area contributed by atoms with Crippen LogP contribution < -0.4 is 15.2 Å². The highest BCUT2D eigenvalue weighted by atomic mass is 16.5. The van der Waals surface area contributed by atoms with Gasteiger partial charge in [0.1, 0.15) is 0 Å². The molecular formula is C14H19NO3. The van der Waals surface area contributed by atoms with Gasteiger partial charge in [0.2, 0.25) is 0 Å². The van der Waals surface area contributed by atoms with E-state index in [1.54, 1.807) is 0 Å². The van der Waals surface area contributed by atoms with E-state index in [0.29, 0.717) is 19.8 Å². The van der Waals surface area contributed by atoms with Crippen molar-refractivity contribution in [3.63, 3.8) is 0 Å². The highest BCUT2D eigenvalue weighted by Crippen LogP contribution is 2.36. The molecule has 0 amide bonds. The van der Waals surface area contributed by atoms with Crippen LogP contribution in [0.25, 0.3) is 0 Å². The molecule has 0 aliphatic carbocycles. The predicted octanol–water partition coefficient (Wildman–Crippen LogP) is 1.81. The molecule has 4 nitrogen and oxygen atoms in total. The molecule has 2 heterocycles. The monoisotopic (exact) mass is 249 g/mol. The van der Waals surface area contributed by atoms with Crippen LogP contribution in [0.15, 0.2) is 18.2 Å². The Morgan fingerprint density at radius 3 is 2.61 bits per heavy atom. The lowest BCUT2D eigenvalue weighted by Gasteiger charge is -2.34. The van der Waals surface area contributed by atoms with Crippen molar-refractivity contribution in [1.82, 2.24) is 0 Å². The molecule has 1 fully saturated rings. The Balaban J connectivity index is 1.91. The second-order valence-corrected chi connectivity index (χ2v) is 5.02. The van der Waals surface area contributed by atoms with Crippen molar-refractivity contribution in [3.8, 4) is 11.5 Å². The fourth-order valence-corrected chi connectivity index (χ4v) is 2.52. The van der Waals surface area contributed by atoms with E-state index in [2.05, 4.69) is 0 Å². The van der Waals surface area contributed by atoms with Crippen molar-refractivity contribution in [3.05, 3.63) is 23.8 Å². The highest BCUT2D eigenvalue weighted by Gasteiger charge is 2.31. The zero-order chi connectivity index (χ0) is 12.4. The molecule has 2 N–H and O–H groups in total. The summed E-state index contributed by atoms with van der Waals surface area (Å²) in [5.41, 5.74) is 7.12. The quantitative estimate of drug-likeness (QED) is 0.824. The first-order valence-corrected chi connectivity index (χ1v) is 6.55. The van der Waals surface area contributed by atoms with E-state index in [0.717, 1.165) is 42.9 Å². The van der Waals surface area contributed by atoms with Gasteiger partial charge >= 0.3 is 0 Å². The van der Waals surface area contributed by atoms with Gasteiger partial charge < -0.3 is 19.9 Å². The van der Waals surface area contributed by atoms with Crippen molar-refractivity contribution >= 4 is 0 Å². The number of hydrogen-bond acceptors (Lipinski definition) is 4. The van der Waals surface area contributed by atoms with Crippen LogP contribution in [0, 0.1) is 0 Å². The van der Waals surface area contributed by atoms with Gasteiger partial charge in [-0.05, 0) is 30.5 Å². The maximum atomic E-state index is 6.43. The summed E-state index contributed by atoms with van der Waals surface area (Å²) in [5.74, 6) is 1.62. The van der Waals surface area contributed by atoms with Crippen molar-refractivity contribution in [2.45, 2.75) is 24.8 Å². The zero-order valence-corrected chi connectivity index (χ0v) is 10.5. The number of hydrogen-bond donors (Lipinski definition) is 1. The SMILES string of the molecule is NC1(c2ccc3c(c2)OCCCO3)CCCOC1. The second kappa shape index (κ2) is 4.78. The first-order chi connectivity index (χ1) is 8.78. The predicted molar refractivity (Wildman–Crippen MR) is 68.0 cm³/mol. The molecule has 18 heavy (non-hydrogen) atoms. The molecule has 1 aromatic carbocycles. The summed E-state index contributed by atoms with van der Waals surface area (Å²) in [6.07, 6.45) is 2.87. The van der Waals surface area contributed by atoms with Crippen LogP contribution in [0.4, 0.5) is 0 Å². The van der Waals surface area contributed by atoms with Crippen LogP contribution in [0.1, 0.15) is 24.8 Å². The maximum absolute atomic E-state index is 6.43. The molecule has 2 aliphatic heterocycles. The van der Waals surface area contributed by atoms with Gasteiger partial charge in [-0.2, -0.15) is 0 Å². The summed E-state index contributed by atoms with van der Waals surface area (Å²) in [6, 6.07) is 6.00. The van der Waals surface area contributed by atoms with Crippen LogP contribution >= 0.6 is 0 Å². The first-order valence-electron chi connectivity index (χ1n) is 6.55. The topological polar surface area (TPSA) is 53.7 Å². The van der Waals surface area contributed by atoms with Gasteiger partial charge in [-0.15, -0.1) is 0 Å². The van der Waals surface area contributed by atoms with E-state index in [-0.39, 0.29) is 5.54 Å². The van der Waals surface area contributed by atoms with Crippen LogP contribution in [0.5, 0.6) is 11.5 Å². The Bertz CT molecular complexity index is 427. The Morgan fingerprint density at radius 2 is 1.83 bits per heavy atom. The lowest BCUT2D eigenvalue weighted by Crippen LogP contribution is -2.44. The number of rotatable bonds is 1. The Hall–Kier alpha value is -1.26. The summed E-state index contributed by atoms with van der Waals surface area (Å²) in [4.78, 5) is 0. The molecule has 1 atom stereocenters. The molecule has 0 aromatic heterocycles. The minimum absolute atomic E-state index is 0.386. The van der Waals surface area contributed by atoms with Crippen molar-refractivity contribution in [2.24, 2.45) is 5.73 Å². The largest absolute Gasteiger partial charge is 0.490 e. The summed E-state index contributed by atoms with van der Waals surface area (Å²) >= 11 is 0. The third kappa shape index (κ3) is 2.18. The smallest absolute Gasteiger partial charge is 0.161 e. The van der Waals surface area contributed by atoms with E-state index >= 15 is 0 Å². The molecule has 98 valence electrons. The van der Waals surface area contributed by atoms with Crippen LogP contribution in [0.3, 0.4) is 0 Å². The summed E-state index contributed by atoms with van der Waals surface area (Å²) in [5, 5.41) is 0. The summed E-state index contributed by atoms with van der Waals surface area (Å²) < 4.78 is 16.8. The summed E-state index contributed by atoms with van der Waals surface area (Å²) in [6.45, 7) is 2.80. The highest BCUT2D eigenvalue weighted by molar-refractivity contribution is 5.45. The first kappa shape index (κ1) is 11.8. The van der Waals surface area contributed by atoms with Gasteiger partial charge in [0.25, 0.3) is 0 Å². The third-order valence-corrected chi connectivity index (χ3v) is 3.59. The maximum Gasteiger partial charge on any atom is 0.161 e. The fraction of sp³-hybridized carbons (Fsp3) is 0.571. The van der Waals surface area contributed by atoms with Crippen LogP contribution in [-0.4, -0.2) is 26.4 Å². The normalized spacial score (nSPS) is 27.6. The van der Waals surface area contributed by atoms with Gasteiger partial charge in [-0.3, -0.25) is 0 Å². The van der Waals surface area contributed by atoms with Gasteiger partial charge in [0.05, 0.1) is 25.4 Å². The molecule has 0 radical (unpaired) electrons. The molecule has 4 heteroatoms. The lowest BCUT2D eigenvalue weighted by atomic mass is 9.86. The van der Waals surface area contributed by atoms with E-state index in [1.165, 1.54) is 0 Å². The minimum Gasteiger partial charge on any atom is -0.490 e. The molecular weight excluding hydrogens is 230 g/mol. The number of fused-ring (bicyclic) bond motifs is 1. The van der Waals surface area contributed by atoms with Crippen molar-refractivity contribution in [1.29, 1.82) is 0 Å². The molecule has 1 aromatic rings.